The van der Waals surface area contributed by atoms with Crippen LogP contribution < -0.4 is 16.2 Å². The van der Waals surface area contributed by atoms with Crippen LogP contribution in [0.3, 0.4) is 0 Å². The standard InChI is InChI=1S/C21H28N6OS/c1-27-19-17(18(26-27)13-9-10-13)15(11-16(23-19)12-7-8-12)20(28)24-25-21(29)22-14-5-3-2-4-6-14/h11-14H,2-10H2,1H3,(H,24,28)(H2,22,25,29). The minimum absolute atomic E-state index is 0.179. The molecule has 7 nitrogen and oxygen atoms in total. The van der Waals surface area contributed by atoms with Gasteiger partial charge in [-0.25, -0.2) is 4.98 Å². The molecule has 8 heteroatoms. The van der Waals surface area contributed by atoms with Crippen LogP contribution in [0.1, 0.15) is 91.4 Å². The van der Waals surface area contributed by atoms with Crippen molar-refractivity contribution in [2.24, 2.45) is 7.05 Å². The number of nitrogens with one attached hydrogen (secondary N) is 3. The molecule has 2 aromatic rings. The van der Waals surface area contributed by atoms with Crippen LogP contribution in [0, 0.1) is 0 Å². The smallest absolute Gasteiger partial charge is 0.270 e. The molecule has 2 aromatic heterocycles. The molecule has 3 aliphatic rings. The van der Waals surface area contributed by atoms with Gasteiger partial charge >= 0.3 is 0 Å². The third-order valence-electron chi connectivity index (χ3n) is 6.27. The summed E-state index contributed by atoms with van der Waals surface area (Å²) < 4.78 is 1.83. The molecule has 0 saturated heterocycles. The molecule has 0 atom stereocenters. The largest absolute Gasteiger partial charge is 0.359 e. The first-order valence-corrected chi connectivity index (χ1v) is 11.3. The number of hydrogen-bond donors (Lipinski definition) is 3. The molecule has 0 unspecified atom stereocenters. The molecule has 3 fully saturated rings. The predicted octanol–water partition coefficient (Wildman–Crippen LogP) is 3.16. The van der Waals surface area contributed by atoms with E-state index in [1.165, 1.54) is 19.3 Å². The molecule has 3 aliphatic carbocycles. The topological polar surface area (TPSA) is 83.9 Å². The first kappa shape index (κ1) is 18.8. The fourth-order valence-electron chi connectivity index (χ4n) is 4.36. The lowest BCUT2D eigenvalue weighted by molar-refractivity contribution is 0.0945. The number of aryl methyl sites for hydroxylation is 1. The molecule has 154 valence electrons. The van der Waals surface area contributed by atoms with Gasteiger partial charge in [0.15, 0.2) is 10.8 Å². The van der Waals surface area contributed by atoms with Gasteiger partial charge in [-0.2, -0.15) is 5.10 Å². The highest BCUT2D eigenvalue weighted by molar-refractivity contribution is 7.80. The summed E-state index contributed by atoms with van der Waals surface area (Å²) in [5, 5.41) is 9.40. The van der Waals surface area contributed by atoms with Crippen LogP contribution in [0.5, 0.6) is 0 Å². The molecule has 3 saturated carbocycles. The van der Waals surface area contributed by atoms with Crippen molar-refractivity contribution in [3.05, 3.63) is 23.0 Å². The third-order valence-corrected chi connectivity index (χ3v) is 6.49. The van der Waals surface area contributed by atoms with Gasteiger partial charge in [0, 0.05) is 30.6 Å². The molecule has 5 rings (SSSR count). The maximum absolute atomic E-state index is 13.1. The SMILES string of the molecule is Cn1nc(C2CC2)c2c(C(=O)NNC(=S)NC3CCCCC3)cc(C3CC3)nc21. The van der Waals surface area contributed by atoms with E-state index in [4.69, 9.17) is 22.3 Å². The van der Waals surface area contributed by atoms with E-state index in [2.05, 4.69) is 16.2 Å². The van der Waals surface area contributed by atoms with E-state index < -0.39 is 0 Å². The second-order valence-corrected chi connectivity index (χ2v) is 9.15. The minimum atomic E-state index is -0.179. The van der Waals surface area contributed by atoms with Gasteiger partial charge in [0.25, 0.3) is 5.91 Å². The maximum Gasteiger partial charge on any atom is 0.270 e. The summed E-state index contributed by atoms with van der Waals surface area (Å²) in [7, 11) is 1.92. The summed E-state index contributed by atoms with van der Waals surface area (Å²) in [6.45, 7) is 0. The van der Waals surface area contributed by atoms with E-state index in [1.54, 1.807) is 0 Å². The van der Waals surface area contributed by atoms with Crippen molar-refractivity contribution in [3.8, 4) is 0 Å². The zero-order valence-corrected chi connectivity index (χ0v) is 17.6. The molecule has 29 heavy (non-hydrogen) atoms. The Kier molecular flexibility index (Phi) is 4.89. The molecule has 0 aliphatic heterocycles. The van der Waals surface area contributed by atoms with Gasteiger partial charge in [-0.15, -0.1) is 0 Å². The highest BCUT2D eigenvalue weighted by Gasteiger charge is 2.33. The summed E-state index contributed by atoms with van der Waals surface area (Å²) >= 11 is 5.39. The van der Waals surface area contributed by atoms with Crippen LogP contribution in [-0.2, 0) is 7.05 Å². The number of thiocarbonyl (C=S) groups is 1. The number of pyridine rings is 1. The summed E-state index contributed by atoms with van der Waals surface area (Å²) in [5.74, 6) is 0.732. The monoisotopic (exact) mass is 412 g/mol. The Hall–Kier alpha value is -2.22. The predicted molar refractivity (Wildman–Crippen MR) is 116 cm³/mol. The highest BCUT2D eigenvalue weighted by Crippen LogP contribution is 2.45. The van der Waals surface area contributed by atoms with Crippen LogP contribution in [0.25, 0.3) is 11.0 Å². The lowest BCUT2D eigenvalue weighted by Crippen LogP contribution is -2.50. The van der Waals surface area contributed by atoms with Gasteiger partial charge in [0.05, 0.1) is 16.6 Å². The number of aromatic nitrogens is 3. The molecule has 0 spiro atoms. The van der Waals surface area contributed by atoms with E-state index in [1.807, 2.05) is 17.8 Å². The highest BCUT2D eigenvalue weighted by atomic mass is 32.1. The van der Waals surface area contributed by atoms with Crippen LogP contribution in [0.4, 0.5) is 0 Å². The Balaban J connectivity index is 1.36. The van der Waals surface area contributed by atoms with Crippen LogP contribution in [0.2, 0.25) is 0 Å². The zero-order chi connectivity index (χ0) is 20.0. The van der Waals surface area contributed by atoms with Gasteiger partial charge in [-0.05, 0) is 56.8 Å². The van der Waals surface area contributed by atoms with Crippen LogP contribution >= 0.6 is 12.2 Å². The first-order valence-electron chi connectivity index (χ1n) is 10.8. The van der Waals surface area contributed by atoms with Crippen molar-refractivity contribution in [1.82, 2.24) is 30.9 Å². The number of nitrogens with zero attached hydrogens (tertiary/aromatic N) is 3. The van der Waals surface area contributed by atoms with E-state index in [9.17, 15) is 4.79 Å². The lowest BCUT2D eigenvalue weighted by atomic mass is 9.96. The number of amides is 1. The summed E-state index contributed by atoms with van der Waals surface area (Å²) in [6.07, 6.45) is 10.6. The summed E-state index contributed by atoms with van der Waals surface area (Å²) in [4.78, 5) is 18.0. The average molecular weight is 413 g/mol. The maximum atomic E-state index is 13.1. The van der Waals surface area contributed by atoms with Crippen molar-refractivity contribution in [3.63, 3.8) is 0 Å². The zero-order valence-electron chi connectivity index (χ0n) is 16.8. The van der Waals surface area contributed by atoms with Crippen molar-refractivity contribution in [1.29, 1.82) is 0 Å². The Bertz CT molecular complexity index is 956. The summed E-state index contributed by atoms with van der Waals surface area (Å²) in [5.41, 5.74) is 9.17. The molecular weight excluding hydrogens is 384 g/mol. The Labute approximate surface area is 176 Å². The Morgan fingerprint density at radius 1 is 1.07 bits per heavy atom. The number of carbonyl (C=O) groups is 1. The Morgan fingerprint density at radius 2 is 1.79 bits per heavy atom. The van der Waals surface area contributed by atoms with Crippen molar-refractivity contribution >= 4 is 34.3 Å². The van der Waals surface area contributed by atoms with Gasteiger partial charge in [-0.1, -0.05) is 19.3 Å². The van der Waals surface area contributed by atoms with E-state index >= 15 is 0 Å². The lowest BCUT2D eigenvalue weighted by Gasteiger charge is -2.24. The second kappa shape index (κ2) is 7.55. The van der Waals surface area contributed by atoms with Crippen LogP contribution in [-0.4, -0.2) is 31.8 Å². The van der Waals surface area contributed by atoms with Crippen LogP contribution in [0.15, 0.2) is 6.07 Å². The summed E-state index contributed by atoms with van der Waals surface area (Å²) in [6, 6.07) is 2.36. The normalized spacial score (nSPS) is 19.9. The number of fused-ring (bicyclic) bond motifs is 1. The molecule has 0 bridgehead atoms. The number of carbonyl (C=O) groups excluding carboxylic acids is 1. The fraction of sp³-hybridized carbons (Fsp3) is 0.619. The van der Waals surface area contributed by atoms with E-state index in [-0.39, 0.29) is 5.91 Å². The first-order chi connectivity index (χ1) is 14.1. The Morgan fingerprint density at radius 3 is 2.48 bits per heavy atom. The molecule has 1 amide bonds. The van der Waals surface area contributed by atoms with Gasteiger partial charge < -0.3 is 5.32 Å². The minimum Gasteiger partial charge on any atom is -0.359 e. The average Bonchev–Trinajstić information content (AvgIpc) is 3.64. The van der Waals surface area contributed by atoms with Crippen molar-refractivity contribution < 1.29 is 4.79 Å². The quantitative estimate of drug-likeness (QED) is 0.528. The molecular formula is C21H28N6OS. The molecule has 0 radical (unpaired) electrons. The van der Waals surface area contributed by atoms with Gasteiger partial charge in [0.2, 0.25) is 0 Å². The van der Waals surface area contributed by atoms with E-state index in [0.717, 1.165) is 60.9 Å². The number of hydrazine groups is 1. The third kappa shape index (κ3) is 3.95. The molecule has 0 aromatic carbocycles. The van der Waals surface area contributed by atoms with Crippen molar-refractivity contribution in [2.45, 2.75) is 75.7 Å². The van der Waals surface area contributed by atoms with Crippen molar-refractivity contribution in [2.75, 3.05) is 0 Å². The van der Waals surface area contributed by atoms with Gasteiger partial charge in [-0.3, -0.25) is 20.3 Å². The number of rotatable bonds is 4. The second-order valence-electron chi connectivity index (χ2n) is 8.74. The number of hydrogen-bond acceptors (Lipinski definition) is 4. The molecule has 2 heterocycles. The van der Waals surface area contributed by atoms with E-state index in [0.29, 0.717) is 28.6 Å². The van der Waals surface area contributed by atoms with Gasteiger partial charge in [0.1, 0.15) is 0 Å². The fourth-order valence-corrected chi connectivity index (χ4v) is 4.57. The molecule has 3 N–H and O–H groups in total.